The van der Waals surface area contributed by atoms with Gasteiger partial charge in [0.1, 0.15) is 0 Å². The zero-order chi connectivity index (χ0) is 12.2. The van der Waals surface area contributed by atoms with Crippen molar-refractivity contribution in [3.63, 3.8) is 0 Å². The maximum Gasteiger partial charge on any atom is 0.0449 e. The number of rotatable bonds is 5. The van der Waals surface area contributed by atoms with E-state index in [-0.39, 0.29) is 5.41 Å². The van der Waals surface area contributed by atoms with E-state index in [1.54, 1.807) is 0 Å². The summed E-state index contributed by atoms with van der Waals surface area (Å²) in [5, 5.41) is 4.23. The van der Waals surface area contributed by atoms with Crippen molar-refractivity contribution in [2.75, 3.05) is 13.1 Å². The van der Waals surface area contributed by atoms with E-state index in [0.29, 0.717) is 0 Å². The molecule has 1 rings (SSSR count). The van der Waals surface area contributed by atoms with E-state index >= 15 is 0 Å². The van der Waals surface area contributed by atoms with Crippen molar-refractivity contribution in [2.45, 2.75) is 27.2 Å². The van der Waals surface area contributed by atoms with Gasteiger partial charge in [-0.15, -0.1) is 0 Å². The Kier molecular flexibility index (Phi) is 5.29. The van der Waals surface area contributed by atoms with Gasteiger partial charge in [-0.3, -0.25) is 0 Å². The van der Waals surface area contributed by atoms with Gasteiger partial charge in [0.15, 0.2) is 0 Å². The zero-order valence-corrected chi connectivity index (χ0v) is 12.5. The molecule has 90 valence electrons. The van der Waals surface area contributed by atoms with E-state index in [1.165, 1.54) is 5.56 Å². The molecule has 0 spiro atoms. The van der Waals surface area contributed by atoms with Crippen LogP contribution in [0.25, 0.3) is 0 Å². The second kappa shape index (κ2) is 6.04. The molecule has 0 aromatic heterocycles. The van der Waals surface area contributed by atoms with Crippen molar-refractivity contribution >= 4 is 27.5 Å². The molecule has 0 saturated heterocycles. The molecule has 1 aromatic carbocycles. The second-order valence-corrected chi connectivity index (χ2v) is 6.18. The lowest BCUT2D eigenvalue weighted by atomic mass is 9.85. The van der Waals surface area contributed by atoms with Crippen LogP contribution in [0.3, 0.4) is 0 Å². The highest BCUT2D eigenvalue weighted by Gasteiger charge is 2.19. The Morgan fingerprint density at radius 2 is 2.06 bits per heavy atom. The lowest BCUT2D eigenvalue weighted by Gasteiger charge is -2.25. The largest absolute Gasteiger partial charge is 0.316 e. The topological polar surface area (TPSA) is 12.0 Å². The minimum Gasteiger partial charge on any atom is -0.316 e. The molecular weight excluding hydrogens is 286 g/mol. The molecule has 0 bridgehead atoms. The first-order valence-electron chi connectivity index (χ1n) is 5.59. The van der Waals surface area contributed by atoms with Crippen molar-refractivity contribution in [3.8, 4) is 0 Å². The average molecular weight is 305 g/mol. The van der Waals surface area contributed by atoms with E-state index in [9.17, 15) is 0 Å². The molecule has 0 saturated carbocycles. The smallest absolute Gasteiger partial charge is 0.0449 e. The maximum absolute atomic E-state index is 6.22. The number of hydrogen-bond acceptors (Lipinski definition) is 1. The molecule has 0 aliphatic rings. The molecule has 16 heavy (non-hydrogen) atoms. The average Bonchev–Trinajstić information content (AvgIpc) is 2.19. The van der Waals surface area contributed by atoms with Gasteiger partial charge in [0.2, 0.25) is 0 Å². The van der Waals surface area contributed by atoms with Gasteiger partial charge in [-0.2, -0.15) is 0 Å². The third kappa shape index (κ3) is 4.44. The van der Waals surface area contributed by atoms with E-state index < -0.39 is 0 Å². The van der Waals surface area contributed by atoms with Gasteiger partial charge in [-0.1, -0.05) is 54.4 Å². The molecule has 0 aliphatic heterocycles. The SMILES string of the molecule is CCNCC(C)(C)Cc1ccc(Br)cc1Cl. The predicted molar refractivity (Wildman–Crippen MR) is 75.2 cm³/mol. The van der Waals surface area contributed by atoms with E-state index in [1.807, 2.05) is 12.1 Å². The van der Waals surface area contributed by atoms with Crippen LogP contribution in [-0.4, -0.2) is 13.1 Å². The van der Waals surface area contributed by atoms with Gasteiger partial charge in [0.25, 0.3) is 0 Å². The summed E-state index contributed by atoms with van der Waals surface area (Å²) in [6.45, 7) is 8.66. The van der Waals surface area contributed by atoms with Crippen molar-refractivity contribution in [1.29, 1.82) is 0 Å². The fourth-order valence-electron chi connectivity index (χ4n) is 1.71. The summed E-state index contributed by atoms with van der Waals surface area (Å²) < 4.78 is 1.03. The van der Waals surface area contributed by atoms with Crippen LogP contribution in [0.4, 0.5) is 0 Å². The summed E-state index contributed by atoms with van der Waals surface area (Å²) >= 11 is 9.64. The standard InChI is InChI=1S/C13H19BrClN/c1-4-16-9-13(2,3)8-10-5-6-11(14)7-12(10)15/h5-7,16H,4,8-9H2,1-3H3. The molecule has 3 heteroatoms. The van der Waals surface area contributed by atoms with Crippen LogP contribution >= 0.6 is 27.5 Å². The maximum atomic E-state index is 6.22. The van der Waals surface area contributed by atoms with Crippen molar-refractivity contribution in [1.82, 2.24) is 5.32 Å². The molecule has 0 atom stereocenters. The molecule has 0 fully saturated rings. The monoisotopic (exact) mass is 303 g/mol. The number of halogens is 2. The van der Waals surface area contributed by atoms with Crippen LogP contribution in [0.15, 0.2) is 22.7 Å². The summed E-state index contributed by atoms with van der Waals surface area (Å²) in [5.74, 6) is 0. The lowest BCUT2D eigenvalue weighted by molar-refractivity contribution is 0.342. The zero-order valence-electron chi connectivity index (χ0n) is 10.1. The van der Waals surface area contributed by atoms with E-state index in [4.69, 9.17) is 11.6 Å². The highest BCUT2D eigenvalue weighted by Crippen LogP contribution is 2.28. The summed E-state index contributed by atoms with van der Waals surface area (Å²) in [6, 6.07) is 6.10. The first kappa shape index (κ1) is 14.0. The number of benzene rings is 1. The van der Waals surface area contributed by atoms with Crippen molar-refractivity contribution < 1.29 is 0 Å². The Balaban J connectivity index is 2.71. The highest BCUT2D eigenvalue weighted by atomic mass is 79.9. The number of hydrogen-bond donors (Lipinski definition) is 1. The summed E-state index contributed by atoms with van der Waals surface area (Å²) in [4.78, 5) is 0. The first-order chi connectivity index (χ1) is 7.44. The molecule has 1 nitrogen and oxygen atoms in total. The van der Waals surface area contributed by atoms with Crippen LogP contribution in [0.1, 0.15) is 26.3 Å². The number of nitrogens with one attached hydrogen (secondary N) is 1. The molecule has 0 amide bonds. The molecule has 0 aliphatic carbocycles. The highest BCUT2D eigenvalue weighted by molar-refractivity contribution is 9.10. The predicted octanol–water partition coefficient (Wildman–Crippen LogP) is 4.28. The van der Waals surface area contributed by atoms with Gasteiger partial charge in [-0.25, -0.2) is 0 Å². The molecular formula is C13H19BrClN. The molecule has 0 radical (unpaired) electrons. The fraction of sp³-hybridized carbons (Fsp3) is 0.538. The first-order valence-corrected chi connectivity index (χ1v) is 6.76. The summed E-state index contributed by atoms with van der Waals surface area (Å²) in [7, 11) is 0. The van der Waals surface area contributed by atoms with Gasteiger partial charge in [0.05, 0.1) is 0 Å². The second-order valence-electron chi connectivity index (χ2n) is 4.86. The van der Waals surface area contributed by atoms with Gasteiger partial charge in [0, 0.05) is 16.0 Å². The Hall–Kier alpha value is -0.0500. The lowest BCUT2D eigenvalue weighted by Crippen LogP contribution is -2.31. The van der Waals surface area contributed by atoms with Crippen LogP contribution in [0.5, 0.6) is 0 Å². The molecule has 0 unspecified atom stereocenters. The molecule has 1 N–H and O–H groups in total. The third-order valence-electron chi connectivity index (χ3n) is 2.54. The van der Waals surface area contributed by atoms with Crippen LogP contribution in [0.2, 0.25) is 5.02 Å². The van der Waals surface area contributed by atoms with Crippen molar-refractivity contribution in [3.05, 3.63) is 33.3 Å². The Bertz CT molecular complexity index is 350. The molecule has 0 heterocycles. The van der Waals surface area contributed by atoms with Gasteiger partial charge < -0.3 is 5.32 Å². The quantitative estimate of drug-likeness (QED) is 0.856. The van der Waals surface area contributed by atoms with E-state index in [0.717, 1.165) is 29.0 Å². The van der Waals surface area contributed by atoms with E-state index in [2.05, 4.69) is 48.1 Å². The third-order valence-corrected chi connectivity index (χ3v) is 3.38. The van der Waals surface area contributed by atoms with Crippen LogP contribution in [0, 0.1) is 5.41 Å². The van der Waals surface area contributed by atoms with Crippen molar-refractivity contribution in [2.24, 2.45) is 5.41 Å². The van der Waals surface area contributed by atoms with Gasteiger partial charge in [-0.05, 0) is 36.1 Å². The Labute approximate surface area is 112 Å². The van der Waals surface area contributed by atoms with Crippen LogP contribution in [-0.2, 0) is 6.42 Å². The normalized spacial score (nSPS) is 11.8. The van der Waals surface area contributed by atoms with Gasteiger partial charge >= 0.3 is 0 Å². The molecule has 1 aromatic rings. The Morgan fingerprint density at radius 3 is 2.62 bits per heavy atom. The van der Waals surface area contributed by atoms with Crippen LogP contribution < -0.4 is 5.32 Å². The Morgan fingerprint density at radius 1 is 1.38 bits per heavy atom. The minimum atomic E-state index is 0.230. The summed E-state index contributed by atoms with van der Waals surface area (Å²) in [6.07, 6.45) is 0.992. The summed E-state index contributed by atoms with van der Waals surface area (Å²) in [5.41, 5.74) is 1.45. The minimum absolute atomic E-state index is 0.230. The fourth-order valence-corrected chi connectivity index (χ4v) is 2.45.